The van der Waals surface area contributed by atoms with Crippen molar-refractivity contribution in [1.82, 2.24) is 63.8 Å². The first kappa shape index (κ1) is 120. The summed E-state index contributed by atoms with van der Waals surface area (Å²) in [6, 6.07) is -5.35. The van der Waals surface area contributed by atoms with Gasteiger partial charge in [0.25, 0.3) is 0 Å². The van der Waals surface area contributed by atoms with Crippen LogP contribution in [0.15, 0.2) is 0 Å². The molecule has 0 aromatic rings. The largest absolute Gasteiger partial charge is 0.447 e. The molecule has 0 saturated heterocycles. The van der Waals surface area contributed by atoms with E-state index in [1.54, 1.807) is 0 Å². The highest BCUT2D eigenvalue weighted by Gasteiger charge is 2.34. The third kappa shape index (κ3) is 71.2. The van der Waals surface area contributed by atoms with Crippen molar-refractivity contribution >= 4 is 72.4 Å². The molecule has 0 saturated carbocycles. The maximum atomic E-state index is 13.8. The fourth-order valence-electron chi connectivity index (χ4n) is 9.28. The zero-order valence-electron chi connectivity index (χ0n) is 72.2. The van der Waals surface area contributed by atoms with E-state index >= 15 is 0 Å². The number of amides is 12. The van der Waals surface area contributed by atoms with Gasteiger partial charge in [0.1, 0.15) is 104 Å². The van der Waals surface area contributed by atoms with Crippen LogP contribution in [-0.4, -0.2) is 358 Å². The van der Waals surface area contributed by atoms with Crippen LogP contribution in [0.2, 0.25) is 0 Å². The molecule has 129 heavy (non-hydrogen) atoms. The Balaban J connectivity index is 7.82. The van der Waals surface area contributed by atoms with E-state index in [9.17, 15) is 93.7 Å². The van der Waals surface area contributed by atoms with Crippen molar-refractivity contribution < 1.29 is 228 Å². The lowest BCUT2D eigenvalue weighted by Crippen LogP contribution is -2.46. The predicted octanol–water partition coefficient (Wildman–Crippen LogP) is 1.46. The first-order chi connectivity index (χ1) is 61.8. The second-order valence-corrected chi connectivity index (χ2v) is 26.3. The average molecular weight is 1910 g/mol. The van der Waals surface area contributed by atoms with E-state index in [0.29, 0.717) is 0 Å². The third-order valence-electron chi connectivity index (χ3n) is 15.0. The summed E-state index contributed by atoms with van der Waals surface area (Å²) in [6.07, 6.45) is -21.9. The monoisotopic (exact) mass is 1910 g/mol. The molecule has 0 rings (SSSR count). The maximum absolute atomic E-state index is 13.8. The first-order valence-corrected chi connectivity index (χ1v) is 39.7. The topological polar surface area (TPSA) is 608 Å². The minimum Gasteiger partial charge on any atom is -0.447 e. The summed E-state index contributed by atoms with van der Waals surface area (Å²) < 4.78 is 206. The molecule has 8 unspecified atom stereocenters. The summed E-state index contributed by atoms with van der Waals surface area (Å²) in [6.45, 7) is -3.66. The van der Waals surface area contributed by atoms with E-state index in [1.807, 2.05) is 0 Å². The quantitative estimate of drug-likeness (QED) is 0.0177. The van der Waals surface area contributed by atoms with Gasteiger partial charge in [-0.1, -0.05) is 0 Å². The van der Waals surface area contributed by atoms with Crippen LogP contribution in [0.5, 0.6) is 0 Å². The summed E-state index contributed by atoms with van der Waals surface area (Å²) >= 11 is 0. The standard InChI is InChI=1S/C69H120F8N12O40/c1-45(122-49(5)126-74)82-65(98)114-37-55(38-115-66(99)83-46(2)123-50(6)127-75)88-59(92)11-19-108-43-69(41-106-17-9-57(90)86-53(33-110-61(94)78-13-21-102-25-29-118-70)34-111-62(95)79-14-22-103-26-30-119-71,42-107-18-10-58(91)87-54(35-112-63(96)80-15-23-104-27-31-120-72)36-113-64(97)81-16-24-105-28-32-121-73)44-109-20-12-60(93)89-56(39-116-67(100)84-47(3)124-51(7)128-76)40-117-68(101)85-48(4)125-52(8)129-77/h45-56H,9-44H2,1-8H3,(H,78,94)(H,79,95)(H,80,96)(H,81,97)(H,82,98)(H,83,99)(H,84,100)(H,85,101)(H,86,90)(H,87,91)(H,88,92)(H,89,93). The molecular formula is C69H120F8N12O40. The van der Waals surface area contributed by atoms with Crippen molar-refractivity contribution in [3.63, 3.8) is 0 Å². The molecule has 0 aromatic carbocycles. The minimum absolute atomic E-state index is 0.115. The van der Waals surface area contributed by atoms with Gasteiger partial charge < -0.3 is 137 Å². The lowest BCUT2D eigenvalue weighted by atomic mass is 9.92. The smallest absolute Gasteiger partial charge is 0.409 e. The van der Waals surface area contributed by atoms with Gasteiger partial charge in [-0.25, -0.2) is 38.4 Å². The lowest BCUT2D eigenvalue weighted by Gasteiger charge is -2.33. The predicted molar refractivity (Wildman–Crippen MR) is 408 cm³/mol. The van der Waals surface area contributed by atoms with E-state index in [0.717, 1.165) is 27.7 Å². The highest BCUT2D eigenvalue weighted by atomic mass is 19.3. The number of halogens is 8. The molecule has 0 aliphatic carbocycles. The van der Waals surface area contributed by atoms with Crippen LogP contribution in [0, 0.1) is 5.41 Å². The van der Waals surface area contributed by atoms with Gasteiger partial charge in [0.05, 0.1) is 135 Å². The Morgan fingerprint density at radius 2 is 0.419 bits per heavy atom. The molecule has 12 N–H and O–H groups in total. The highest BCUT2D eigenvalue weighted by molar-refractivity contribution is 5.78. The summed E-state index contributed by atoms with van der Waals surface area (Å²) in [4.78, 5) is 185. The van der Waals surface area contributed by atoms with Crippen LogP contribution >= 0.6 is 0 Å². The number of ether oxygens (including phenoxy) is 20. The van der Waals surface area contributed by atoms with Gasteiger partial charge in [0, 0.05) is 51.9 Å². The van der Waals surface area contributed by atoms with Gasteiger partial charge >= 0.3 is 48.7 Å². The SMILES string of the molecule is CC(NC(=O)OCC(COC(=O)NC(C)OC(C)OF)NC(=O)CCOCC(COCCC(=O)NC(COC(=O)NCCOCCOF)COC(=O)NCCOCCOF)(COCCC(=O)NC(COC(=O)NCCOCCOF)COC(=O)NCCOCCOF)COCCC(=O)NC(COC(=O)NC(C)OC(C)OF)COC(=O)NC(C)OC(C)OF)OC(C)OF. The van der Waals surface area contributed by atoms with Gasteiger partial charge in [0.2, 0.25) is 23.6 Å². The van der Waals surface area contributed by atoms with E-state index in [1.165, 1.54) is 27.7 Å². The Morgan fingerprint density at radius 3 is 0.597 bits per heavy atom. The molecule has 0 bridgehead atoms. The second kappa shape index (κ2) is 78.5. The summed E-state index contributed by atoms with van der Waals surface area (Å²) in [5, 5.41) is 28.3. The fraction of sp³-hybridized carbons (Fsp3) is 0.826. The molecule has 0 radical (unpaired) electrons. The van der Waals surface area contributed by atoms with Crippen molar-refractivity contribution in [2.75, 3.05) is 211 Å². The van der Waals surface area contributed by atoms with Crippen molar-refractivity contribution in [3.8, 4) is 0 Å². The molecule has 0 aliphatic heterocycles. The zero-order valence-corrected chi connectivity index (χ0v) is 72.2. The van der Waals surface area contributed by atoms with Crippen molar-refractivity contribution in [2.45, 2.75) is 155 Å². The molecule has 52 nitrogen and oxygen atoms in total. The molecule has 752 valence electrons. The fourth-order valence-corrected chi connectivity index (χ4v) is 9.28. The Bertz CT molecular complexity index is 2700. The first-order valence-electron chi connectivity index (χ1n) is 39.7. The number of hydrogen-bond acceptors (Lipinski definition) is 40. The third-order valence-corrected chi connectivity index (χ3v) is 15.0. The van der Waals surface area contributed by atoms with Gasteiger partial charge in [-0.05, 0) is 91.6 Å². The number of hydrogen-bond donors (Lipinski definition) is 12. The molecule has 12 amide bonds. The number of carbonyl (C=O) groups is 12. The Morgan fingerprint density at radius 1 is 0.233 bits per heavy atom. The van der Waals surface area contributed by atoms with Gasteiger partial charge in [0.15, 0.2) is 25.2 Å². The van der Waals surface area contributed by atoms with Gasteiger partial charge in [-0.3, -0.25) is 40.4 Å². The van der Waals surface area contributed by atoms with E-state index in [2.05, 4.69) is 103 Å². The van der Waals surface area contributed by atoms with Crippen molar-refractivity contribution in [3.05, 3.63) is 0 Å². The molecular weight excluding hydrogens is 1790 g/mol. The zero-order chi connectivity index (χ0) is 96.1. The summed E-state index contributed by atoms with van der Waals surface area (Å²) in [5.74, 6) is -3.45. The molecule has 8 atom stereocenters. The minimum atomic E-state index is -1.71. The second-order valence-electron chi connectivity index (χ2n) is 26.3. The van der Waals surface area contributed by atoms with E-state index < -0.39 is 310 Å². The van der Waals surface area contributed by atoms with Crippen LogP contribution in [0.1, 0.15) is 81.1 Å². The number of nitrogens with one attached hydrogen (secondary N) is 12. The van der Waals surface area contributed by atoms with Crippen LogP contribution in [0.25, 0.3) is 0 Å². The lowest BCUT2D eigenvalue weighted by molar-refractivity contribution is -0.279. The highest BCUT2D eigenvalue weighted by Crippen LogP contribution is 2.22. The number of rotatable bonds is 80. The van der Waals surface area contributed by atoms with E-state index in [-0.39, 0.29) is 79.0 Å². The normalized spacial score (nSPS) is 13.7. The van der Waals surface area contributed by atoms with Crippen LogP contribution in [0.3, 0.4) is 0 Å². The van der Waals surface area contributed by atoms with Crippen LogP contribution in [0.4, 0.5) is 74.6 Å². The van der Waals surface area contributed by atoms with E-state index in [4.69, 9.17) is 94.7 Å². The molecule has 0 spiro atoms. The molecule has 0 aliphatic rings. The number of carbonyl (C=O) groups excluding carboxylic acids is 12. The summed E-state index contributed by atoms with van der Waals surface area (Å²) in [7, 11) is 0. The number of alkyl carbamates (subject to hydrolysis) is 8. The van der Waals surface area contributed by atoms with Crippen molar-refractivity contribution in [2.24, 2.45) is 5.41 Å². The summed E-state index contributed by atoms with van der Waals surface area (Å²) in [5.41, 5.74) is -1.71. The Hall–Kier alpha value is -9.32. The van der Waals surface area contributed by atoms with Gasteiger partial charge in [-0.2, -0.15) is 39.5 Å². The molecule has 0 aromatic heterocycles. The Kier molecular flexibility index (Phi) is 72.8. The van der Waals surface area contributed by atoms with Crippen LogP contribution < -0.4 is 63.8 Å². The molecule has 0 fully saturated rings. The van der Waals surface area contributed by atoms with Crippen molar-refractivity contribution in [1.29, 1.82) is 0 Å². The maximum Gasteiger partial charge on any atom is 0.409 e. The van der Waals surface area contributed by atoms with Crippen LogP contribution in [-0.2, 0) is 153 Å². The Labute approximate surface area is 734 Å². The molecule has 60 heteroatoms. The average Bonchev–Trinajstić information content (AvgIpc) is 0.862. The molecule has 0 heterocycles. The van der Waals surface area contributed by atoms with Gasteiger partial charge in [-0.15, -0.1) is 0 Å².